The highest BCUT2D eigenvalue weighted by Gasteiger charge is 2.22. The van der Waals surface area contributed by atoms with Gasteiger partial charge in [0.2, 0.25) is 5.95 Å². The third kappa shape index (κ3) is 5.56. The molecule has 1 saturated heterocycles. The molecular formula is C18H22Cl2N4O2. The molecule has 1 aromatic carbocycles. The molecule has 3 rings (SSSR count). The molecule has 140 valence electrons. The Morgan fingerprint density at radius 3 is 2.46 bits per heavy atom. The number of nitrogens with zero attached hydrogens (tertiary/aromatic N) is 3. The van der Waals surface area contributed by atoms with Crippen LogP contribution in [-0.4, -0.2) is 42.4 Å². The van der Waals surface area contributed by atoms with Gasteiger partial charge in [-0.05, 0) is 32.5 Å². The summed E-state index contributed by atoms with van der Waals surface area (Å²) in [6.07, 6.45) is 5.21. The maximum absolute atomic E-state index is 8.81. The number of hydrogen-bond donors (Lipinski definition) is 1. The maximum atomic E-state index is 8.81. The molecule has 0 bridgehead atoms. The van der Waals surface area contributed by atoms with Gasteiger partial charge in [0.1, 0.15) is 12.9 Å². The number of halogens is 2. The molecule has 1 atom stereocenters. The summed E-state index contributed by atoms with van der Waals surface area (Å²) in [5, 5.41) is 4.45. The number of carbonyl (C=O) groups is 1. The number of likely N-dealkylation sites (N-methyl/N-ethyl adjacent to an activating group) is 1. The topological polar surface area (TPSA) is 67.4 Å². The van der Waals surface area contributed by atoms with Crippen molar-refractivity contribution in [1.29, 1.82) is 0 Å². The molecule has 1 N–H and O–H groups in total. The van der Waals surface area contributed by atoms with Crippen LogP contribution in [0.1, 0.15) is 18.9 Å². The van der Waals surface area contributed by atoms with Crippen LogP contribution in [0.15, 0.2) is 30.6 Å². The monoisotopic (exact) mass is 396 g/mol. The van der Waals surface area contributed by atoms with Gasteiger partial charge in [-0.3, -0.25) is 0 Å². The fourth-order valence-corrected chi connectivity index (χ4v) is 3.06. The number of aldehydes is 1. The van der Waals surface area contributed by atoms with Crippen molar-refractivity contribution in [3.05, 3.63) is 46.2 Å². The van der Waals surface area contributed by atoms with E-state index in [1.807, 2.05) is 7.05 Å². The highest BCUT2D eigenvalue weighted by Crippen LogP contribution is 2.26. The number of carbonyl (C=O) groups excluding carboxylic acids is 1. The molecule has 0 amide bonds. The Bertz CT molecular complexity index is 693. The van der Waals surface area contributed by atoms with Gasteiger partial charge in [0, 0.05) is 34.7 Å². The van der Waals surface area contributed by atoms with Crippen molar-refractivity contribution in [3.8, 4) is 5.75 Å². The first-order valence-corrected chi connectivity index (χ1v) is 9.04. The summed E-state index contributed by atoms with van der Waals surface area (Å²) in [4.78, 5) is 19.7. The minimum Gasteiger partial charge on any atom is -0.486 e. The Morgan fingerprint density at radius 1 is 1.31 bits per heavy atom. The van der Waals surface area contributed by atoms with Crippen molar-refractivity contribution in [2.45, 2.75) is 26.0 Å². The Hall–Kier alpha value is -1.89. The van der Waals surface area contributed by atoms with E-state index in [0.29, 0.717) is 21.8 Å². The van der Waals surface area contributed by atoms with Crippen LogP contribution in [0.5, 0.6) is 5.75 Å². The van der Waals surface area contributed by atoms with Crippen molar-refractivity contribution in [2.24, 2.45) is 0 Å². The lowest BCUT2D eigenvalue weighted by Crippen LogP contribution is -2.30. The van der Waals surface area contributed by atoms with E-state index in [-0.39, 0.29) is 6.61 Å². The first kappa shape index (κ1) is 20.4. The number of hydrogen-bond acceptors (Lipinski definition) is 6. The van der Waals surface area contributed by atoms with Crippen LogP contribution in [0.3, 0.4) is 0 Å². The van der Waals surface area contributed by atoms with Gasteiger partial charge in [-0.1, -0.05) is 29.3 Å². The summed E-state index contributed by atoms with van der Waals surface area (Å²) in [7, 11) is 1.98. The summed E-state index contributed by atoms with van der Waals surface area (Å²) < 4.78 is 5.69. The molecule has 1 unspecified atom stereocenters. The molecular weight excluding hydrogens is 375 g/mol. The predicted octanol–water partition coefficient (Wildman–Crippen LogP) is 3.37. The van der Waals surface area contributed by atoms with Crippen molar-refractivity contribution in [2.75, 3.05) is 25.0 Å². The maximum Gasteiger partial charge on any atom is 0.225 e. The summed E-state index contributed by atoms with van der Waals surface area (Å²) in [5.41, 5.74) is 0.760. The zero-order valence-electron chi connectivity index (χ0n) is 14.8. The van der Waals surface area contributed by atoms with Crippen LogP contribution in [0.4, 0.5) is 5.95 Å². The molecule has 1 aliphatic heterocycles. The lowest BCUT2D eigenvalue weighted by molar-refractivity contribution is -0.106. The quantitative estimate of drug-likeness (QED) is 0.781. The van der Waals surface area contributed by atoms with Gasteiger partial charge in [0.15, 0.2) is 5.75 Å². The molecule has 0 saturated carbocycles. The minimum atomic E-state index is 0.284. The fraction of sp³-hybridized carbons (Fsp3) is 0.389. The van der Waals surface area contributed by atoms with E-state index >= 15 is 0 Å². The van der Waals surface area contributed by atoms with E-state index in [4.69, 9.17) is 32.7 Å². The summed E-state index contributed by atoms with van der Waals surface area (Å²) in [6, 6.07) is 5.88. The van der Waals surface area contributed by atoms with E-state index in [9.17, 15) is 0 Å². The smallest absolute Gasteiger partial charge is 0.225 e. The zero-order chi connectivity index (χ0) is 18.9. The number of aromatic nitrogens is 2. The lowest BCUT2D eigenvalue weighted by Gasteiger charge is -2.16. The molecule has 26 heavy (non-hydrogen) atoms. The third-order valence-corrected chi connectivity index (χ3v) is 4.65. The fourth-order valence-electron chi connectivity index (χ4n) is 2.55. The average molecular weight is 397 g/mol. The van der Waals surface area contributed by atoms with Crippen LogP contribution in [0, 0.1) is 0 Å². The van der Waals surface area contributed by atoms with Gasteiger partial charge in [-0.15, -0.1) is 0 Å². The Balaban J connectivity index is 0.000000758. The normalized spacial score (nSPS) is 16.0. The van der Waals surface area contributed by atoms with E-state index in [0.717, 1.165) is 37.3 Å². The van der Waals surface area contributed by atoms with Crippen LogP contribution < -0.4 is 15.0 Å². The van der Waals surface area contributed by atoms with E-state index in [1.54, 1.807) is 30.6 Å². The molecule has 1 aromatic heterocycles. The van der Waals surface area contributed by atoms with Gasteiger partial charge in [-0.25, -0.2) is 9.97 Å². The van der Waals surface area contributed by atoms with Crippen molar-refractivity contribution in [3.63, 3.8) is 0 Å². The molecule has 2 aromatic rings. The van der Waals surface area contributed by atoms with Crippen LogP contribution in [0.2, 0.25) is 10.0 Å². The van der Waals surface area contributed by atoms with E-state index in [1.165, 1.54) is 6.92 Å². The van der Waals surface area contributed by atoms with Gasteiger partial charge >= 0.3 is 0 Å². The molecule has 0 spiro atoms. The highest BCUT2D eigenvalue weighted by atomic mass is 35.5. The number of nitrogens with one attached hydrogen (secondary N) is 1. The standard InChI is InChI=1S/C16H18Cl2N4O.C2H4O/c1-19-11-5-6-22(9-11)16-20-7-12(8-21-16)23-10-13-14(17)3-2-4-15(13)18;1-2-3/h2-4,7-8,11,19H,5-6,9-10H2,1H3;2H,1H3. The molecule has 8 heteroatoms. The first-order valence-electron chi connectivity index (χ1n) is 8.28. The van der Waals surface area contributed by atoms with Gasteiger partial charge in [0.05, 0.1) is 12.4 Å². The van der Waals surface area contributed by atoms with Crippen molar-refractivity contribution < 1.29 is 9.53 Å². The molecule has 1 aliphatic rings. The summed E-state index contributed by atoms with van der Waals surface area (Å²) in [6.45, 7) is 3.61. The van der Waals surface area contributed by atoms with Gasteiger partial charge in [0.25, 0.3) is 0 Å². The van der Waals surface area contributed by atoms with E-state index in [2.05, 4.69) is 20.2 Å². The third-order valence-electron chi connectivity index (χ3n) is 3.94. The molecule has 1 fully saturated rings. The number of rotatable bonds is 5. The second kappa shape index (κ2) is 10.3. The molecule has 0 aliphatic carbocycles. The molecule has 6 nitrogen and oxygen atoms in total. The van der Waals surface area contributed by atoms with Crippen molar-refractivity contribution >= 4 is 35.4 Å². The van der Waals surface area contributed by atoms with Crippen LogP contribution in [0.25, 0.3) is 0 Å². The highest BCUT2D eigenvalue weighted by molar-refractivity contribution is 6.35. The zero-order valence-corrected chi connectivity index (χ0v) is 16.3. The number of anilines is 1. The predicted molar refractivity (Wildman–Crippen MR) is 104 cm³/mol. The van der Waals surface area contributed by atoms with Crippen molar-refractivity contribution in [1.82, 2.24) is 15.3 Å². The molecule has 2 heterocycles. The Labute approximate surface area is 163 Å². The average Bonchev–Trinajstić information content (AvgIpc) is 3.12. The lowest BCUT2D eigenvalue weighted by atomic mass is 10.2. The number of ether oxygens (including phenoxy) is 1. The van der Waals surface area contributed by atoms with E-state index < -0.39 is 0 Å². The van der Waals surface area contributed by atoms with Crippen LogP contribution >= 0.6 is 23.2 Å². The second-order valence-electron chi connectivity index (χ2n) is 5.66. The largest absolute Gasteiger partial charge is 0.486 e. The van der Waals surface area contributed by atoms with Gasteiger partial charge < -0.3 is 19.7 Å². The minimum absolute atomic E-state index is 0.284. The SMILES string of the molecule is CC=O.CNC1CCN(c2ncc(OCc3c(Cl)cccc3Cl)cn2)C1. The second-order valence-corrected chi connectivity index (χ2v) is 6.48. The van der Waals surface area contributed by atoms with Gasteiger partial charge in [-0.2, -0.15) is 0 Å². The summed E-state index contributed by atoms with van der Waals surface area (Å²) in [5.74, 6) is 1.32. The number of benzene rings is 1. The van der Waals surface area contributed by atoms with Crippen LogP contribution in [-0.2, 0) is 11.4 Å². The Kier molecular flexibility index (Phi) is 8.09. The molecule has 0 radical (unpaired) electrons. The first-order chi connectivity index (χ1) is 12.6. The Morgan fingerprint density at radius 2 is 1.92 bits per heavy atom. The summed E-state index contributed by atoms with van der Waals surface area (Å²) >= 11 is 12.3.